The van der Waals surface area contributed by atoms with Gasteiger partial charge in [0, 0.05) is 25.0 Å². The van der Waals surface area contributed by atoms with Crippen molar-refractivity contribution in [1.82, 2.24) is 20.3 Å². The number of carbonyl (C=O) groups is 1. The molecule has 0 saturated heterocycles. The molecule has 1 atom stereocenters. The van der Waals surface area contributed by atoms with Gasteiger partial charge in [-0.2, -0.15) is 5.10 Å². The van der Waals surface area contributed by atoms with Crippen molar-refractivity contribution < 1.29 is 9.32 Å². The van der Waals surface area contributed by atoms with E-state index in [1.165, 1.54) is 0 Å². The van der Waals surface area contributed by atoms with Crippen LogP contribution in [0.15, 0.2) is 29.0 Å². The average Bonchev–Trinajstić information content (AvgIpc) is 3.06. The SMILES string of the molecule is CC[C@H](NCCn1cccn1)C(=O)Nc1cc(C)on1. The van der Waals surface area contributed by atoms with Gasteiger partial charge in [0.15, 0.2) is 5.82 Å². The molecule has 2 aromatic rings. The Labute approximate surface area is 117 Å². The van der Waals surface area contributed by atoms with E-state index < -0.39 is 0 Å². The summed E-state index contributed by atoms with van der Waals surface area (Å²) in [6.07, 6.45) is 4.32. The summed E-state index contributed by atoms with van der Waals surface area (Å²) in [5.74, 6) is 1.00. The third-order valence-electron chi connectivity index (χ3n) is 2.89. The molecule has 0 aliphatic heterocycles. The van der Waals surface area contributed by atoms with E-state index in [1.807, 2.05) is 23.9 Å². The first-order valence-corrected chi connectivity index (χ1v) is 6.64. The van der Waals surface area contributed by atoms with Crippen LogP contribution in [0.5, 0.6) is 0 Å². The first-order chi connectivity index (χ1) is 9.69. The molecule has 0 fully saturated rings. The van der Waals surface area contributed by atoms with Gasteiger partial charge in [-0.1, -0.05) is 12.1 Å². The molecule has 0 radical (unpaired) electrons. The number of rotatable bonds is 7. The van der Waals surface area contributed by atoms with Crippen molar-refractivity contribution in [3.8, 4) is 0 Å². The molecule has 0 bridgehead atoms. The Balaban J connectivity index is 1.79. The molecule has 108 valence electrons. The molecular weight excluding hydrogens is 258 g/mol. The normalized spacial score (nSPS) is 12.3. The Kier molecular flexibility index (Phi) is 4.89. The van der Waals surface area contributed by atoms with Crippen LogP contribution in [0.25, 0.3) is 0 Å². The third-order valence-corrected chi connectivity index (χ3v) is 2.89. The number of carbonyl (C=O) groups excluding carboxylic acids is 1. The molecule has 0 unspecified atom stereocenters. The molecular formula is C13H19N5O2. The molecule has 2 rings (SSSR count). The fraction of sp³-hybridized carbons (Fsp3) is 0.462. The van der Waals surface area contributed by atoms with Crippen molar-refractivity contribution >= 4 is 11.7 Å². The second-order valence-electron chi connectivity index (χ2n) is 4.50. The summed E-state index contributed by atoms with van der Waals surface area (Å²) in [7, 11) is 0. The van der Waals surface area contributed by atoms with Crippen molar-refractivity contribution in [1.29, 1.82) is 0 Å². The smallest absolute Gasteiger partial charge is 0.242 e. The Morgan fingerprint density at radius 2 is 2.40 bits per heavy atom. The fourth-order valence-corrected chi connectivity index (χ4v) is 1.85. The summed E-state index contributed by atoms with van der Waals surface area (Å²) in [5, 5.41) is 13.8. The summed E-state index contributed by atoms with van der Waals surface area (Å²) in [5.41, 5.74) is 0. The number of nitrogens with one attached hydrogen (secondary N) is 2. The summed E-state index contributed by atoms with van der Waals surface area (Å²) >= 11 is 0. The topological polar surface area (TPSA) is 85.0 Å². The molecule has 2 N–H and O–H groups in total. The molecule has 0 spiro atoms. The van der Waals surface area contributed by atoms with Gasteiger partial charge in [-0.3, -0.25) is 9.48 Å². The highest BCUT2D eigenvalue weighted by molar-refractivity contribution is 5.93. The Morgan fingerprint density at radius 3 is 3.00 bits per heavy atom. The van der Waals surface area contributed by atoms with Crippen molar-refractivity contribution in [2.45, 2.75) is 32.9 Å². The number of aryl methyl sites for hydroxylation is 1. The summed E-state index contributed by atoms with van der Waals surface area (Å²) in [4.78, 5) is 12.1. The standard InChI is InChI=1S/C13H19N5O2/c1-3-11(14-6-8-18-7-4-5-15-18)13(19)16-12-9-10(2)20-17-12/h4-5,7,9,11,14H,3,6,8H2,1-2H3,(H,16,17,19)/t11-/m0/s1. The second-order valence-corrected chi connectivity index (χ2v) is 4.50. The lowest BCUT2D eigenvalue weighted by Gasteiger charge is -2.15. The number of hydrogen-bond acceptors (Lipinski definition) is 5. The highest BCUT2D eigenvalue weighted by atomic mass is 16.5. The highest BCUT2D eigenvalue weighted by Crippen LogP contribution is 2.07. The minimum atomic E-state index is -0.262. The number of hydrogen-bond donors (Lipinski definition) is 2. The molecule has 0 saturated carbocycles. The lowest BCUT2D eigenvalue weighted by molar-refractivity contribution is -0.118. The Bertz CT molecular complexity index is 535. The minimum absolute atomic E-state index is 0.110. The molecule has 7 nitrogen and oxygen atoms in total. The zero-order valence-corrected chi connectivity index (χ0v) is 11.7. The molecule has 2 aromatic heterocycles. The van der Waals surface area contributed by atoms with E-state index in [0.717, 1.165) is 6.54 Å². The van der Waals surface area contributed by atoms with Crippen LogP contribution in [-0.4, -0.2) is 33.4 Å². The van der Waals surface area contributed by atoms with Crippen molar-refractivity contribution in [3.05, 3.63) is 30.3 Å². The number of anilines is 1. The number of aromatic nitrogens is 3. The summed E-state index contributed by atoms with van der Waals surface area (Å²) in [6.45, 7) is 5.13. The van der Waals surface area contributed by atoms with Gasteiger partial charge in [-0.05, 0) is 19.4 Å². The Morgan fingerprint density at radius 1 is 1.55 bits per heavy atom. The van der Waals surface area contributed by atoms with E-state index >= 15 is 0 Å². The van der Waals surface area contributed by atoms with Gasteiger partial charge in [0.05, 0.1) is 12.6 Å². The van der Waals surface area contributed by atoms with Crippen LogP contribution in [0.1, 0.15) is 19.1 Å². The zero-order valence-electron chi connectivity index (χ0n) is 11.7. The fourth-order valence-electron chi connectivity index (χ4n) is 1.85. The van der Waals surface area contributed by atoms with Crippen molar-refractivity contribution in [2.75, 3.05) is 11.9 Å². The van der Waals surface area contributed by atoms with Gasteiger partial charge in [0.1, 0.15) is 5.76 Å². The zero-order chi connectivity index (χ0) is 14.4. The van der Waals surface area contributed by atoms with Gasteiger partial charge in [-0.25, -0.2) is 0 Å². The van der Waals surface area contributed by atoms with E-state index in [4.69, 9.17) is 4.52 Å². The minimum Gasteiger partial charge on any atom is -0.360 e. The third kappa shape index (κ3) is 3.92. The van der Waals surface area contributed by atoms with Crippen LogP contribution >= 0.6 is 0 Å². The van der Waals surface area contributed by atoms with Crippen LogP contribution in [0.2, 0.25) is 0 Å². The molecule has 7 heteroatoms. The average molecular weight is 277 g/mol. The van der Waals surface area contributed by atoms with Gasteiger partial charge in [0.25, 0.3) is 0 Å². The molecule has 0 aliphatic carbocycles. The summed E-state index contributed by atoms with van der Waals surface area (Å²) in [6, 6.07) is 3.30. The number of nitrogens with zero attached hydrogens (tertiary/aromatic N) is 3. The molecule has 0 aromatic carbocycles. The van der Waals surface area contributed by atoms with Gasteiger partial charge in [0.2, 0.25) is 5.91 Å². The first kappa shape index (κ1) is 14.3. The largest absolute Gasteiger partial charge is 0.360 e. The van der Waals surface area contributed by atoms with E-state index in [2.05, 4.69) is 20.9 Å². The number of amides is 1. The molecule has 0 aliphatic rings. The van der Waals surface area contributed by atoms with Crippen LogP contribution < -0.4 is 10.6 Å². The molecule has 2 heterocycles. The van der Waals surface area contributed by atoms with Crippen LogP contribution in [0, 0.1) is 6.92 Å². The quantitative estimate of drug-likeness (QED) is 0.794. The van der Waals surface area contributed by atoms with Crippen LogP contribution in [-0.2, 0) is 11.3 Å². The maximum absolute atomic E-state index is 12.1. The van der Waals surface area contributed by atoms with E-state index in [9.17, 15) is 4.79 Å². The van der Waals surface area contributed by atoms with E-state index in [1.54, 1.807) is 19.2 Å². The second kappa shape index (κ2) is 6.85. The predicted octanol–water partition coefficient (Wildman–Crippen LogP) is 1.19. The monoisotopic (exact) mass is 277 g/mol. The predicted molar refractivity (Wildman–Crippen MR) is 74.2 cm³/mol. The lowest BCUT2D eigenvalue weighted by Crippen LogP contribution is -2.41. The van der Waals surface area contributed by atoms with Crippen LogP contribution in [0.3, 0.4) is 0 Å². The van der Waals surface area contributed by atoms with Crippen molar-refractivity contribution in [2.24, 2.45) is 0 Å². The summed E-state index contributed by atoms with van der Waals surface area (Å²) < 4.78 is 6.73. The Hall–Kier alpha value is -2.15. The van der Waals surface area contributed by atoms with Gasteiger partial charge >= 0.3 is 0 Å². The van der Waals surface area contributed by atoms with Crippen molar-refractivity contribution in [3.63, 3.8) is 0 Å². The maximum atomic E-state index is 12.1. The van der Waals surface area contributed by atoms with Gasteiger partial charge < -0.3 is 15.2 Å². The van der Waals surface area contributed by atoms with E-state index in [0.29, 0.717) is 24.5 Å². The molecule has 1 amide bonds. The molecule has 20 heavy (non-hydrogen) atoms. The maximum Gasteiger partial charge on any atom is 0.242 e. The first-order valence-electron chi connectivity index (χ1n) is 6.64. The van der Waals surface area contributed by atoms with Gasteiger partial charge in [-0.15, -0.1) is 0 Å². The van der Waals surface area contributed by atoms with Crippen LogP contribution in [0.4, 0.5) is 5.82 Å². The highest BCUT2D eigenvalue weighted by Gasteiger charge is 2.16. The van der Waals surface area contributed by atoms with E-state index in [-0.39, 0.29) is 11.9 Å². The lowest BCUT2D eigenvalue weighted by atomic mass is 10.2.